The Balaban J connectivity index is 2.23. The van der Waals surface area contributed by atoms with Gasteiger partial charge in [-0.1, -0.05) is 0 Å². The lowest BCUT2D eigenvalue weighted by atomic mass is 10.1. The summed E-state index contributed by atoms with van der Waals surface area (Å²) in [5, 5.41) is 3.46. The average Bonchev–Trinajstić information content (AvgIpc) is 2.72. The van der Waals surface area contributed by atoms with Crippen molar-refractivity contribution in [3.05, 3.63) is 36.0 Å². The van der Waals surface area contributed by atoms with Gasteiger partial charge in [0.15, 0.2) is 0 Å². The number of hydrogen-bond donors (Lipinski definition) is 2. The van der Waals surface area contributed by atoms with Crippen LogP contribution in [0.5, 0.6) is 0 Å². The molecule has 1 heterocycles. The first kappa shape index (κ1) is 9.71. The molecule has 0 unspecified atom stereocenters. The van der Waals surface area contributed by atoms with Crippen molar-refractivity contribution < 1.29 is 9.18 Å². The number of alkyl halides is 1. The molecular weight excluding hydrogens is 195 g/mol. The van der Waals surface area contributed by atoms with E-state index in [2.05, 4.69) is 10.3 Å². The quantitative estimate of drug-likeness (QED) is 0.791. The van der Waals surface area contributed by atoms with Crippen LogP contribution < -0.4 is 5.32 Å². The highest BCUT2D eigenvalue weighted by atomic mass is 19.1. The Labute approximate surface area is 86.3 Å². The first-order chi connectivity index (χ1) is 7.31. The lowest BCUT2D eigenvalue weighted by Crippen LogP contribution is -2.25. The first-order valence-corrected chi connectivity index (χ1v) is 4.72. The van der Waals surface area contributed by atoms with Crippen LogP contribution >= 0.6 is 0 Å². The fourth-order valence-electron chi connectivity index (χ4n) is 1.46. The predicted octanol–water partition coefficient (Wildman–Crippen LogP) is 1.87. The summed E-state index contributed by atoms with van der Waals surface area (Å²) in [6, 6.07) is 7.22. The summed E-state index contributed by atoms with van der Waals surface area (Å²) in [6.45, 7) is -0.484. The predicted molar refractivity (Wildman–Crippen MR) is 56.6 cm³/mol. The minimum atomic E-state index is -0.544. The number of aromatic amines is 1. The van der Waals surface area contributed by atoms with E-state index in [4.69, 9.17) is 0 Å². The number of rotatable bonds is 3. The van der Waals surface area contributed by atoms with Crippen LogP contribution in [0.25, 0.3) is 10.9 Å². The molecule has 0 saturated carbocycles. The molecule has 0 bridgehead atoms. The van der Waals surface area contributed by atoms with E-state index in [9.17, 15) is 9.18 Å². The molecule has 15 heavy (non-hydrogen) atoms. The summed E-state index contributed by atoms with van der Waals surface area (Å²) in [6.07, 6.45) is 1.81. The number of amides is 1. The number of nitrogens with one attached hydrogen (secondary N) is 2. The third-order valence-electron chi connectivity index (χ3n) is 2.20. The number of halogens is 1. The van der Waals surface area contributed by atoms with Gasteiger partial charge < -0.3 is 10.3 Å². The van der Waals surface area contributed by atoms with Gasteiger partial charge in [-0.05, 0) is 24.3 Å². The average molecular weight is 206 g/mol. The molecule has 2 N–H and O–H groups in total. The molecule has 0 radical (unpaired) electrons. The normalized spacial score (nSPS) is 10.5. The number of hydrogen-bond acceptors (Lipinski definition) is 1. The number of fused-ring (bicyclic) bond motifs is 1. The van der Waals surface area contributed by atoms with E-state index in [1.54, 1.807) is 12.1 Å². The lowest BCUT2D eigenvalue weighted by molar-refractivity contribution is 0.0951. The minimum Gasteiger partial charge on any atom is -0.361 e. The summed E-state index contributed by atoms with van der Waals surface area (Å²) in [5.41, 5.74) is 1.53. The SMILES string of the molecule is O=C(NCCF)c1ccc2[nH]ccc2c1. The molecule has 0 aliphatic rings. The molecule has 1 amide bonds. The summed E-state index contributed by atoms with van der Waals surface area (Å²) >= 11 is 0. The molecule has 4 heteroatoms. The zero-order valence-electron chi connectivity index (χ0n) is 8.09. The Bertz CT molecular complexity index is 478. The molecule has 3 nitrogen and oxygen atoms in total. The van der Waals surface area contributed by atoms with Crippen molar-refractivity contribution in [3.8, 4) is 0 Å². The minimum absolute atomic E-state index is 0.0595. The van der Waals surface area contributed by atoms with Gasteiger partial charge >= 0.3 is 0 Å². The molecule has 2 aromatic rings. The molecule has 2 rings (SSSR count). The van der Waals surface area contributed by atoms with Gasteiger partial charge in [0.05, 0.1) is 0 Å². The standard InChI is InChI=1S/C11H11FN2O/c12-4-6-14-11(15)9-1-2-10-8(7-9)3-5-13-10/h1-3,5,7,13H,4,6H2,(H,14,15). The summed E-state index contributed by atoms with van der Waals surface area (Å²) in [5.74, 6) is -0.240. The summed E-state index contributed by atoms with van der Waals surface area (Å²) < 4.78 is 11.9. The zero-order chi connectivity index (χ0) is 10.7. The smallest absolute Gasteiger partial charge is 0.251 e. The van der Waals surface area contributed by atoms with Gasteiger partial charge in [0, 0.05) is 29.2 Å². The molecule has 0 saturated heterocycles. The van der Waals surface area contributed by atoms with Gasteiger partial charge in [-0.15, -0.1) is 0 Å². The molecule has 1 aromatic heterocycles. The second-order valence-corrected chi connectivity index (χ2v) is 3.22. The van der Waals surface area contributed by atoms with Crippen molar-refractivity contribution in [3.63, 3.8) is 0 Å². The van der Waals surface area contributed by atoms with Crippen LogP contribution in [-0.4, -0.2) is 24.1 Å². The number of carbonyl (C=O) groups excluding carboxylic acids is 1. The Morgan fingerprint density at radius 1 is 1.40 bits per heavy atom. The molecule has 0 aliphatic heterocycles. The second kappa shape index (κ2) is 4.13. The maximum absolute atomic E-state index is 11.9. The van der Waals surface area contributed by atoms with Crippen LogP contribution in [0.2, 0.25) is 0 Å². The van der Waals surface area contributed by atoms with Crippen molar-refractivity contribution in [2.45, 2.75) is 0 Å². The number of aromatic nitrogens is 1. The van der Waals surface area contributed by atoms with Crippen molar-refractivity contribution in [2.75, 3.05) is 13.2 Å². The largest absolute Gasteiger partial charge is 0.361 e. The Morgan fingerprint density at radius 2 is 2.27 bits per heavy atom. The van der Waals surface area contributed by atoms with E-state index in [1.807, 2.05) is 18.3 Å². The van der Waals surface area contributed by atoms with Crippen LogP contribution in [0.1, 0.15) is 10.4 Å². The van der Waals surface area contributed by atoms with E-state index in [0.29, 0.717) is 5.56 Å². The highest BCUT2D eigenvalue weighted by Gasteiger charge is 2.05. The molecule has 1 aromatic carbocycles. The molecule has 0 spiro atoms. The van der Waals surface area contributed by atoms with Gasteiger partial charge in [0.2, 0.25) is 0 Å². The number of H-pyrrole nitrogens is 1. The van der Waals surface area contributed by atoms with E-state index >= 15 is 0 Å². The van der Waals surface area contributed by atoms with Crippen molar-refractivity contribution in [1.82, 2.24) is 10.3 Å². The zero-order valence-corrected chi connectivity index (χ0v) is 8.09. The van der Waals surface area contributed by atoms with Gasteiger partial charge in [-0.3, -0.25) is 4.79 Å². The van der Waals surface area contributed by atoms with E-state index in [0.717, 1.165) is 10.9 Å². The van der Waals surface area contributed by atoms with E-state index < -0.39 is 6.67 Å². The van der Waals surface area contributed by atoms with Crippen LogP contribution in [-0.2, 0) is 0 Å². The molecule has 0 aliphatic carbocycles. The highest BCUT2D eigenvalue weighted by molar-refractivity contribution is 5.98. The lowest BCUT2D eigenvalue weighted by Gasteiger charge is -2.02. The Hall–Kier alpha value is -1.84. The van der Waals surface area contributed by atoms with Crippen LogP contribution in [0.15, 0.2) is 30.5 Å². The first-order valence-electron chi connectivity index (χ1n) is 4.72. The van der Waals surface area contributed by atoms with E-state index in [-0.39, 0.29) is 12.5 Å². The highest BCUT2D eigenvalue weighted by Crippen LogP contribution is 2.13. The second-order valence-electron chi connectivity index (χ2n) is 3.22. The van der Waals surface area contributed by atoms with Crippen LogP contribution in [0.3, 0.4) is 0 Å². The molecule has 78 valence electrons. The van der Waals surface area contributed by atoms with Crippen LogP contribution in [0, 0.1) is 0 Å². The Morgan fingerprint density at radius 3 is 3.07 bits per heavy atom. The fourth-order valence-corrected chi connectivity index (χ4v) is 1.46. The molecule has 0 atom stereocenters. The molecule has 0 fully saturated rings. The summed E-state index contributed by atoms with van der Waals surface area (Å²) in [4.78, 5) is 14.5. The van der Waals surface area contributed by atoms with Crippen molar-refractivity contribution >= 4 is 16.8 Å². The number of benzene rings is 1. The van der Waals surface area contributed by atoms with Gasteiger partial charge in [0.25, 0.3) is 5.91 Å². The topological polar surface area (TPSA) is 44.9 Å². The van der Waals surface area contributed by atoms with Crippen molar-refractivity contribution in [2.24, 2.45) is 0 Å². The Kier molecular flexibility index (Phi) is 2.67. The van der Waals surface area contributed by atoms with Gasteiger partial charge in [0.1, 0.15) is 6.67 Å². The van der Waals surface area contributed by atoms with Crippen molar-refractivity contribution in [1.29, 1.82) is 0 Å². The van der Waals surface area contributed by atoms with Gasteiger partial charge in [-0.25, -0.2) is 4.39 Å². The summed E-state index contributed by atoms with van der Waals surface area (Å²) in [7, 11) is 0. The van der Waals surface area contributed by atoms with E-state index in [1.165, 1.54) is 0 Å². The maximum Gasteiger partial charge on any atom is 0.251 e. The monoisotopic (exact) mass is 206 g/mol. The third kappa shape index (κ3) is 1.98. The maximum atomic E-state index is 11.9. The van der Waals surface area contributed by atoms with Crippen LogP contribution in [0.4, 0.5) is 4.39 Å². The number of carbonyl (C=O) groups is 1. The van der Waals surface area contributed by atoms with Gasteiger partial charge in [-0.2, -0.15) is 0 Å². The fraction of sp³-hybridized carbons (Fsp3) is 0.182. The third-order valence-corrected chi connectivity index (χ3v) is 2.20. The molecular formula is C11H11FN2O.